The van der Waals surface area contributed by atoms with Crippen molar-refractivity contribution in [3.63, 3.8) is 0 Å². The molecule has 0 bridgehead atoms. The van der Waals surface area contributed by atoms with E-state index < -0.39 is 0 Å². The number of H-pyrrole nitrogens is 1. The van der Waals surface area contributed by atoms with Gasteiger partial charge in [0, 0.05) is 18.3 Å². The fourth-order valence-corrected chi connectivity index (χ4v) is 4.34. The summed E-state index contributed by atoms with van der Waals surface area (Å²) in [6.07, 6.45) is 4.24. The molecule has 4 N–H and O–H groups in total. The van der Waals surface area contributed by atoms with E-state index in [-0.39, 0.29) is 6.10 Å². The minimum atomic E-state index is -0.184. The first kappa shape index (κ1) is 15.2. The van der Waals surface area contributed by atoms with E-state index in [0.29, 0.717) is 6.04 Å². The zero-order chi connectivity index (χ0) is 15.8. The number of aromatic nitrogens is 3. The number of fused-ring (bicyclic) bond motifs is 1. The molecule has 0 radical (unpaired) electrons. The molecule has 1 fully saturated rings. The molecule has 1 aliphatic rings. The monoisotopic (exact) mass is 441 g/mol. The maximum absolute atomic E-state index is 9.75. The van der Waals surface area contributed by atoms with Crippen LogP contribution in [0.3, 0.4) is 0 Å². The number of nitrogens with one attached hydrogen (secondary N) is 3. The maximum Gasteiger partial charge on any atom is 0.137 e. The molecule has 6 nitrogen and oxygen atoms in total. The summed E-state index contributed by atoms with van der Waals surface area (Å²) in [5, 5.41) is 20.4. The molecular weight excluding hydrogens is 425 g/mol. The van der Waals surface area contributed by atoms with Crippen LogP contribution in [0.2, 0.25) is 0 Å². The van der Waals surface area contributed by atoms with Gasteiger partial charge in [-0.25, -0.2) is 4.98 Å². The van der Waals surface area contributed by atoms with Gasteiger partial charge in [-0.1, -0.05) is 0 Å². The van der Waals surface area contributed by atoms with Gasteiger partial charge in [0.2, 0.25) is 0 Å². The van der Waals surface area contributed by atoms with Gasteiger partial charge in [-0.3, -0.25) is 5.10 Å². The molecule has 23 heavy (non-hydrogen) atoms. The van der Waals surface area contributed by atoms with Crippen molar-refractivity contribution in [1.29, 1.82) is 0 Å². The number of anilines is 2. The molecule has 0 aliphatic heterocycles. The highest BCUT2D eigenvalue weighted by atomic mass is 127. The lowest BCUT2D eigenvalue weighted by molar-refractivity contribution is 0.182. The number of nitrogens with zero attached hydrogens (tertiary/aromatic N) is 2. The Bertz CT molecular complexity index is 819. The van der Waals surface area contributed by atoms with Crippen LogP contribution in [0.4, 0.5) is 11.5 Å². The summed E-state index contributed by atoms with van der Waals surface area (Å²) < 4.78 is 4.22. The highest BCUT2D eigenvalue weighted by Gasteiger charge is 2.23. The molecule has 1 unspecified atom stereocenters. The minimum Gasteiger partial charge on any atom is -0.393 e. The highest BCUT2D eigenvalue weighted by molar-refractivity contribution is 14.1. The van der Waals surface area contributed by atoms with E-state index in [1.54, 1.807) is 17.5 Å². The van der Waals surface area contributed by atoms with Crippen LogP contribution < -0.4 is 8.85 Å². The number of thiophene rings is 1. The molecule has 3 aromatic heterocycles. The molecule has 8 heteroatoms. The van der Waals surface area contributed by atoms with Crippen LogP contribution in [-0.2, 0) is 0 Å². The number of hydrogen-bond donors (Lipinski definition) is 4. The fraction of sp³-hybridized carbons (Fsp3) is 0.333. The van der Waals surface area contributed by atoms with Crippen molar-refractivity contribution >= 4 is 55.9 Å². The Hall–Kier alpha value is -1.39. The summed E-state index contributed by atoms with van der Waals surface area (Å²) in [5.74, 6) is 0.827. The number of hydrogen-bond acceptors (Lipinski definition) is 6. The van der Waals surface area contributed by atoms with Gasteiger partial charge < -0.3 is 14.0 Å². The average molecular weight is 441 g/mol. The van der Waals surface area contributed by atoms with Crippen LogP contribution in [-0.4, -0.2) is 32.4 Å². The first-order chi connectivity index (χ1) is 11.2. The van der Waals surface area contributed by atoms with E-state index in [1.165, 1.54) is 0 Å². The molecule has 0 spiro atoms. The average Bonchev–Trinajstić information content (AvgIpc) is 3.26. The van der Waals surface area contributed by atoms with Crippen LogP contribution in [0.1, 0.15) is 19.3 Å². The Morgan fingerprint density at radius 3 is 2.96 bits per heavy atom. The predicted octanol–water partition coefficient (Wildman–Crippen LogP) is 3.77. The summed E-state index contributed by atoms with van der Waals surface area (Å²) >= 11 is 3.79. The smallest absolute Gasteiger partial charge is 0.137 e. The summed E-state index contributed by atoms with van der Waals surface area (Å²) in [4.78, 5) is 5.76. The van der Waals surface area contributed by atoms with Crippen molar-refractivity contribution in [3.05, 3.63) is 24.4 Å². The van der Waals surface area contributed by atoms with Gasteiger partial charge in [-0.2, -0.15) is 5.10 Å². The molecule has 3 aromatic rings. The Kier molecular flexibility index (Phi) is 4.12. The number of aliphatic hydroxyl groups is 1. The lowest BCUT2D eigenvalue weighted by Crippen LogP contribution is -2.16. The van der Waals surface area contributed by atoms with Crippen molar-refractivity contribution in [3.8, 4) is 10.6 Å². The minimum absolute atomic E-state index is 0.184. The van der Waals surface area contributed by atoms with E-state index in [0.717, 1.165) is 51.6 Å². The molecule has 0 saturated heterocycles. The quantitative estimate of drug-likeness (QED) is 0.366. The molecule has 1 saturated carbocycles. The highest BCUT2D eigenvalue weighted by Crippen LogP contribution is 2.38. The number of pyridine rings is 1. The number of rotatable bonds is 4. The second-order valence-electron chi connectivity index (χ2n) is 5.75. The van der Waals surface area contributed by atoms with Crippen molar-refractivity contribution in [2.45, 2.75) is 31.4 Å². The zero-order valence-electron chi connectivity index (χ0n) is 12.2. The molecule has 1 aliphatic carbocycles. The van der Waals surface area contributed by atoms with Gasteiger partial charge in [0.25, 0.3) is 0 Å². The third-order valence-corrected chi connectivity index (χ3v) is 5.85. The largest absolute Gasteiger partial charge is 0.393 e. The van der Waals surface area contributed by atoms with Crippen molar-refractivity contribution in [1.82, 2.24) is 15.2 Å². The van der Waals surface area contributed by atoms with Gasteiger partial charge in [0.1, 0.15) is 5.82 Å². The third kappa shape index (κ3) is 3.02. The third-order valence-electron chi connectivity index (χ3n) is 4.11. The molecule has 0 aromatic carbocycles. The van der Waals surface area contributed by atoms with Gasteiger partial charge in [-0.05, 0) is 31.4 Å². The predicted molar refractivity (Wildman–Crippen MR) is 102 cm³/mol. The van der Waals surface area contributed by atoms with Crippen molar-refractivity contribution in [2.24, 2.45) is 0 Å². The van der Waals surface area contributed by atoms with E-state index in [1.807, 2.05) is 12.1 Å². The van der Waals surface area contributed by atoms with Crippen LogP contribution in [0.25, 0.3) is 20.8 Å². The zero-order valence-corrected chi connectivity index (χ0v) is 15.2. The summed E-state index contributed by atoms with van der Waals surface area (Å²) in [6, 6.07) is 6.39. The SMILES string of the molecule is O[C@@H]1CCC(Nc2cc(NI)nc3cc(-c4ccn[nH]4)sc23)C1. The van der Waals surface area contributed by atoms with Gasteiger partial charge >= 0.3 is 0 Å². The topological polar surface area (TPSA) is 85.9 Å². The van der Waals surface area contributed by atoms with E-state index in [9.17, 15) is 5.11 Å². The number of aromatic amines is 1. The van der Waals surface area contributed by atoms with Gasteiger partial charge in [0.05, 0.1) is 55.4 Å². The van der Waals surface area contributed by atoms with Crippen LogP contribution in [0.5, 0.6) is 0 Å². The first-order valence-corrected chi connectivity index (χ1v) is 9.38. The lowest BCUT2D eigenvalue weighted by Gasteiger charge is -2.15. The summed E-state index contributed by atoms with van der Waals surface area (Å²) in [7, 11) is 0. The lowest BCUT2D eigenvalue weighted by atomic mass is 10.2. The van der Waals surface area contributed by atoms with Crippen molar-refractivity contribution < 1.29 is 5.11 Å². The van der Waals surface area contributed by atoms with E-state index in [4.69, 9.17) is 0 Å². The summed E-state index contributed by atoms with van der Waals surface area (Å²) in [6.45, 7) is 0. The molecule has 4 rings (SSSR count). The van der Waals surface area contributed by atoms with Crippen LogP contribution in [0.15, 0.2) is 24.4 Å². The Morgan fingerprint density at radius 1 is 1.35 bits per heavy atom. The molecule has 120 valence electrons. The molecule has 3 heterocycles. The summed E-state index contributed by atoms with van der Waals surface area (Å²) in [5.41, 5.74) is 3.03. The second kappa shape index (κ2) is 6.25. The number of aliphatic hydroxyl groups excluding tert-OH is 1. The molecule has 2 atom stereocenters. The van der Waals surface area contributed by atoms with Gasteiger partial charge in [0.15, 0.2) is 0 Å². The van der Waals surface area contributed by atoms with E-state index >= 15 is 0 Å². The fourth-order valence-electron chi connectivity index (χ4n) is 3.01. The Morgan fingerprint density at radius 2 is 2.26 bits per heavy atom. The van der Waals surface area contributed by atoms with E-state index in [2.05, 4.69) is 53.0 Å². The number of halogens is 1. The van der Waals surface area contributed by atoms with Gasteiger partial charge in [-0.15, -0.1) is 11.3 Å². The standard InChI is InChI=1S/C15H16IN5OS/c16-20-14-7-12(18-8-1-2-9(22)5-8)15-11(19-14)6-13(23-15)10-3-4-17-21-10/h3-4,6-9,22H,1-2,5H2,(H,17,21)(H2,18,19,20)/t8?,9-/m1/s1. The molecule has 0 amide bonds. The normalized spacial score (nSPS) is 21.0. The van der Waals surface area contributed by atoms with Crippen molar-refractivity contribution in [2.75, 3.05) is 8.85 Å². The van der Waals surface area contributed by atoms with Crippen LogP contribution >= 0.6 is 34.2 Å². The molecular formula is C15H16IN5OS. The first-order valence-electron chi connectivity index (χ1n) is 7.48. The maximum atomic E-state index is 9.75. The Labute approximate surface area is 151 Å². The van der Waals surface area contributed by atoms with Crippen LogP contribution in [0, 0.1) is 0 Å². The second-order valence-corrected chi connectivity index (χ2v) is 7.34. The Balaban J connectivity index is 1.75.